The van der Waals surface area contributed by atoms with Gasteiger partial charge in [-0.05, 0) is 122 Å². The maximum Gasteiger partial charge on any atom is 0.159 e. The summed E-state index contributed by atoms with van der Waals surface area (Å²) in [6.07, 6.45) is 49.7. The minimum atomic E-state index is 0.803. The maximum atomic E-state index is 5.90. The SMILES string of the molecule is CCCCCCCCOc1ccc(-c2ncc(CCC3CCC(CCCC)CC3)cn2)cc1.CCCCCCCCOc1ccc(-c2ncc(CCC3CCC(CCCCC)CC3)cn2)cc1. The average molecular weight is 915 g/mol. The summed E-state index contributed by atoms with van der Waals surface area (Å²) in [5.41, 5.74) is 4.65. The summed E-state index contributed by atoms with van der Waals surface area (Å²) in [7, 11) is 0. The summed E-state index contributed by atoms with van der Waals surface area (Å²) < 4.78 is 11.8. The van der Waals surface area contributed by atoms with Gasteiger partial charge in [0, 0.05) is 35.9 Å². The quantitative estimate of drug-likeness (QED) is 0.0469. The molecule has 6 heteroatoms. The number of nitrogens with zero attached hydrogens (tertiary/aromatic N) is 4. The fourth-order valence-electron chi connectivity index (χ4n) is 10.3. The van der Waals surface area contributed by atoms with E-state index in [1.54, 1.807) is 0 Å². The molecule has 0 bridgehead atoms. The van der Waals surface area contributed by atoms with Crippen LogP contribution in [0.3, 0.4) is 0 Å². The molecule has 0 N–H and O–H groups in total. The molecule has 0 radical (unpaired) electrons. The van der Waals surface area contributed by atoms with Crippen molar-refractivity contribution in [2.45, 2.75) is 227 Å². The lowest BCUT2D eigenvalue weighted by Crippen LogP contribution is -2.15. The molecule has 370 valence electrons. The Morgan fingerprint density at radius 1 is 0.358 bits per heavy atom. The molecule has 2 aliphatic carbocycles. The van der Waals surface area contributed by atoms with Gasteiger partial charge in [0.05, 0.1) is 13.2 Å². The highest BCUT2D eigenvalue weighted by Gasteiger charge is 2.22. The molecule has 2 aromatic heterocycles. The topological polar surface area (TPSA) is 70.0 Å². The molecular weight excluding hydrogens is 821 g/mol. The normalized spacial score (nSPS) is 18.3. The molecule has 4 aromatic rings. The number of ether oxygens (including phenoxy) is 2. The van der Waals surface area contributed by atoms with Crippen LogP contribution in [0.5, 0.6) is 11.5 Å². The molecule has 0 atom stereocenters. The minimum absolute atomic E-state index is 0.803. The third kappa shape index (κ3) is 22.0. The van der Waals surface area contributed by atoms with Gasteiger partial charge in [0.1, 0.15) is 11.5 Å². The lowest BCUT2D eigenvalue weighted by molar-refractivity contribution is 0.249. The van der Waals surface area contributed by atoms with Gasteiger partial charge in [0.25, 0.3) is 0 Å². The lowest BCUT2D eigenvalue weighted by Gasteiger charge is -2.28. The van der Waals surface area contributed by atoms with Gasteiger partial charge in [-0.3, -0.25) is 0 Å². The highest BCUT2D eigenvalue weighted by atomic mass is 16.5. The molecule has 2 aromatic carbocycles. The Bertz CT molecular complexity index is 1780. The summed E-state index contributed by atoms with van der Waals surface area (Å²) in [5, 5.41) is 0. The second-order valence-electron chi connectivity index (χ2n) is 20.6. The largest absolute Gasteiger partial charge is 0.494 e. The third-order valence-corrected chi connectivity index (χ3v) is 15.0. The van der Waals surface area contributed by atoms with Crippen LogP contribution in [0.2, 0.25) is 0 Å². The Balaban J connectivity index is 0.000000251. The van der Waals surface area contributed by atoms with Crippen LogP contribution < -0.4 is 9.47 Å². The van der Waals surface area contributed by atoms with E-state index in [0.717, 1.165) is 96.8 Å². The molecule has 2 saturated carbocycles. The van der Waals surface area contributed by atoms with Gasteiger partial charge in [-0.1, -0.05) is 188 Å². The number of hydrogen-bond donors (Lipinski definition) is 0. The van der Waals surface area contributed by atoms with E-state index in [2.05, 4.69) is 71.9 Å². The fourth-order valence-corrected chi connectivity index (χ4v) is 10.3. The Labute approximate surface area is 410 Å². The molecule has 2 heterocycles. The Hall–Kier alpha value is -3.80. The first-order chi connectivity index (χ1) is 33.1. The molecular formula is C61H94N4O2. The van der Waals surface area contributed by atoms with Crippen LogP contribution in [0.25, 0.3) is 22.8 Å². The van der Waals surface area contributed by atoms with E-state index < -0.39 is 0 Å². The predicted octanol–water partition coefficient (Wildman–Crippen LogP) is 18.0. The Morgan fingerprint density at radius 2 is 0.672 bits per heavy atom. The number of unbranched alkanes of at least 4 members (excludes halogenated alkanes) is 13. The molecule has 0 aliphatic heterocycles. The van der Waals surface area contributed by atoms with Crippen molar-refractivity contribution in [3.8, 4) is 34.3 Å². The molecule has 0 saturated heterocycles. The molecule has 6 nitrogen and oxygen atoms in total. The van der Waals surface area contributed by atoms with Crippen LogP contribution in [-0.2, 0) is 12.8 Å². The predicted molar refractivity (Wildman–Crippen MR) is 284 cm³/mol. The van der Waals surface area contributed by atoms with Gasteiger partial charge >= 0.3 is 0 Å². The smallest absolute Gasteiger partial charge is 0.159 e. The van der Waals surface area contributed by atoms with Crippen molar-refractivity contribution in [1.29, 1.82) is 0 Å². The van der Waals surface area contributed by atoms with Crippen LogP contribution in [0, 0.1) is 23.7 Å². The first-order valence-electron chi connectivity index (χ1n) is 28.1. The molecule has 2 fully saturated rings. The van der Waals surface area contributed by atoms with Crippen molar-refractivity contribution in [3.05, 3.63) is 84.4 Å². The monoisotopic (exact) mass is 915 g/mol. The van der Waals surface area contributed by atoms with E-state index in [0.29, 0.717) is 0 Å². The molecule has 0 unspecified atom stereocenters. The van der Waals surface area contributed by atoms with Crippen molar-refractivity contribution in [2.24, 2.45) is 23.7 Å². The van der Waals surface area contributed by atoms with Gasteiger partial charge in [-0.25, -0.2) is 19.9 Å². The van der Waals surface area contributed by atoms with Crippen molar-refractivity contribution < 1.29 is 9.47 Å². The van der Waals surface area contributed by atoms with Gasteiger partial charge in [-0.2, -0.15) is 0 Å². The van der Waals surface area contributed by atoms with Crippen molar-refractivity contribution in [3.63, 3.8) is 0 Å². The number of hydrogen-bond acceptors (Lipinski definition) is 6. The van der Waals surface area contributed by atoms with Crippen LogP contribution in [0.15, 0.2) is 73.3 Å². The molecule has 0 spiro atoms. The van der Waals surface area contributed by atoms with E-state index in [4.69, 9.17) is 9.47 Å². The van der Waals surface area contributed by atoms with Gasteiger partial charge in [0.2, 0.25) is 0 Å². The van der Waals surface area contributed by atoms with Crippen molar-refractivity contribution in [2.75, 3.05) is 13.2 Å². The second-order valence-corrected chi connectivity index (χ2v) is 20.6. The number of rotatable bonds is 31. The first kappa shape index (κ1) is 54.1. The van der Waals surface area contributed by atoms with Crippen molar-refractivity contribution in [1.82, 2.24) is 19.9 Å². The minimum Gasteiger partial charge on any atom is -0.494 e. The van der Waals surface area contributed by atoms with Crippen LogP contribution in [-0.4, -0.2) is 33.1 Å². The van der Waals surface area contributed by atoms with Gasteiger partial charge < -0.3 is 9.47 Å². The first-order valence-corrected chi connectivity index (χ1v) is 28.1. The van der Waals surface area contributed by atoms with Crippen LogP contribution in [0.1, 0.15) is 225 Å². The van der Waals surface area contributed by atoms with Gasteiger partial charge in [-0.15, -0.1) is 0 Å². The number of aryl methyl sites for hydroxylation is 2. The summed E-state index contributed by atoms with van der Waals surface area (Å²) in [4.78, 5) is 18.6. The lowest BCUT2D eigenvalue weighted by atomic mass is 9.78. The van der Waals surface area contributed by atoms with E-state index in [1.165, 1.54) is 184 Å². The zero-order valence-electron chi connectivity index (χ0n) is 43.2. The number of aromatic nitrogens is 4. The fraction of sp³-hybridized carbons (Fsp3) is 0.672. The highest BCUT2D eigenvalue weighted by Crippen LogP contribution is 2.35. The standard InChI is InChI=1S/C31H48N2O.C30H46N2O/c1-3-5-7-8-9-11-23-34-30-21-19-29(20-22-30)31-32-24-28(25-33-31)18-17-27-15-13-26(14-16-27)12-10-6-4-2;1-3-5-7-8-9-10-22-33-29-20-18-28(19-21-29)30-31-23-27(24-32-30)17-16-26-14-12-25(13-15-26)11-6-4-2/h19-22,24-27H,3-18,23H2,1-2H3;18-21,23-26H,3-17,22H2,1-2H3. The van der Waals surface area contributed by atoms with Crippen LogP contribution >= 0.6 is 0 Å². The second kappa shape index (κ2) is 33.7. The third-order valence-electron chi connectivity index (χ3n) is 15.0. The summed E-state index contributed by atoms with van der Waals surface area (Å²) in [6, 6.07) is 16.5. The van der Waals surface area contributed by atoms with E-state index in [-0.39, 0.29) is 0 Å². The molecule has 0 amide bonds. The average Bonchev–Trinajstić information content (AvgIpc) is 3.38. The molecule has 2 aliphatic rings. The summed E-state index contributed by atoms with van der Waals surface area (Å²) in [6.45, 7) is 10.7. The summed E-state index contributed by atoms with van der Waals surface area (Å²) in [5.74, 6) is 7.27. The number of benzene rings is 2. The Morgan fingerprint density at radius 3 is 1.04 bits per heavy atom. The zero-order chi connectivity index (χ0) is 47.0. The van der Waals surface area contributed by atoms with E-state index in [9.17, 15) is 0 Å². The molecule has 67 heavy (non-hydrogen) atoms. The zero-order valence-corrected chi connectivity index (χ0v) is 43.2. The summed E-state index contributed by atoms with van der Waals surface area (Å²) >= 11 is 0. The van der Waals surface area contributed by atoms with Gasteiger partial charge in [0.15, 0.2) is 11.6 Å². The highest BCUT2D eigenvalue weighted by molar-refractivity contribution is 5.56. The Kier molecular flexibility index (Phi) is 27.2. The van der Waals surface area contributed by atoms with E-state index >= 15 is 0 Å². The van der Waals surface area contributed by atoms with Crippen LogP contribution in [0.4, 0.5) is 0 Å². The molecule has 6 rings (SSSR count). The van der Waals surface area contributed by atoms with Crippen molar-refractivity contribution >= 4 is 0 Å². The van der Waals surface area contributed by atoms with E-state index in [1.807, 2.05) is 49.1 Å². The maximum absolute atomic E-state index is 5.90.